The predicted octanol–water partition coefficient (Wildman–Crippen LogP) is 4.70. The highest BCUT2D eigenvalue weighted by Gasteiger charge is 2.16. The zero-order valence-electron chi connectivity index (χ0n) is 13.5. The van der Waals surface area contributed by atoms with Gasteiger partial charge in [-0.3, -0.25) is 4.98 Å². The summed E-state index contributed by atoms with van der Waals surface area (Å²) >= 11 is 6.03. The minimum absolute atomic E-state index is 0.245. The van der Waals surface area contributed by atoms with Crippen LogP contribution in [0.15, 0.2) is 30.3 Å². The van der Waals surface area contributed by atoms with E-state index < -0.39 is 5.97 Å². The van der Waals surface area contributed by atoms with Crippen LogP contribution in [-0.4, -0.2) is 22.7 Å². The van der Waals surface area contributed by atoms with Crippen molar-refractivity contribution in [3.8, 4) is 17.0 Å². The number of nitrogens with zero attached hydrogens (tertiary/aromatic N) is 1. The van der Waals surface area contributed by atoms with Crippen molar-refractivity contribution in [2.75, 3.05) is 6.61 Å². The van der Waals surface area contributed by atoms with Gasteiger partial charge < -0.3 is 9.84 Å². The van der Waals surface area contributed by atoms with Crippen LogP contribution in [-0.2, 0) is 6.42 Å². The third-order valence-electron chi connectivity index (χ3n) is 3.33. The Hall–Kier alpha value is -2.07. The number of carboxylic acids is 1. The first-order chi connectivity index (χ1) is 10.9. The zero-order valence-corrected chi connectivity index (χ0v) is 14.2. The van der Waals surface area contributed by atoms with Crippen molar-refractivity contribution < 1.29 is 14.6 Å². The van der Waals surface area contributed by atoms with Crippen LogP contribution in [0, 0.1) is 5.92 Å². The quantitative estimate of drug-likeness (QED) is 0.832. The van der Waals surface area contributed by atoms with Crippen LogP contribution in [0.3, 0.4) is 0 Å². The predicted molar refractivity (Wildman–Crippen MR) is 91.4 cm³/mol. The van der Waals surface area contributed by atoms with E-state index in [2.05, 4.69) is 4.98 Å². The maximum atomic E-state index is 11.4. The summed E-state index contributed by atoms with van der Waals surface area (Å²) < 4.78 is 5.63. The smallest absolute Gasteiger partial charge is 0.337 e. The van der Waals surface area contributed by atoms with Gasteiger partial charge in [-0.15, -0.1) is 0 Å². The summed E-state index contributed by atoms with van der Waals surface area (Å²) in [5.74, 6) is -0.000611. The van der Waals surface area contributed by atoms with Crippen LogP contribution in [0.25, 0.3) is 11.3 Å². The molecule has 4 nitrogen and oxygen atoms in total. The molecule has 0 saturated heterocycles. The highest BCUT2D eigenvalue weighted by atomic mass is 35.5. The second-order valence-electron chi connectivity index (χ2n) is 5.67. The van der Waals surface area contributed by atoms with Crippen molar-refractivity contribution in [2.24, 2.45) is 5.92 Å². The first-order valence-corrected chi connectivity index (χ1v) is 7.96. The number of benzene rings is 1. The van der Waals surface area contributed by atoms with Gasteiger partial charge in [0, 0.05) is 10.6 Å². The number of pyridine rings is 1. The first kappa shape index (κ1) is 17.3. The molecule has 1 aromatic carbocycles. The second-order valence-corrected chi connectivity index (χ2v) is 6.10. The molecule has 122 valence electrons. The van der Waals surface area contributed by atoms with Gasteiger partial charge in [0.1, 0.15) is 5.75 Å². The lowest BCUT2D eigenvalue weighted by Gasteiger charge is -2.13. The molecule has 23 heavy (non-hydrogen) atoms. The van der Waals surface area contributed by atoms with Gasteiger partial charge in [0.25, 0.3) is 0 Å². The molecule has 0 aliphatic rings. The summed E-state index contributed by atoms with van der Waals surface area (Å²) in [6.45, 7) is 6.48. The van der Waals surface area contributed by atoms with Gasteiger partial charge in [-0.25, -0.2) is 4.79 Å². The van der Waals surface area contributed by atoms with Crippen molar-refractivity contribution in [2.45, 2.75) is 27.2 Å². The number of carboxylic acid groups (broad SMARTS) is 1. The first-order valence-electron chi connectivity index (χ1n) is 7.58. The highest BCUT2D eigenvalue weighted by Crippen LogP contribution is 2.32. The molecular formula is C18H20ClNO3. The van der Waals surface area contributed by atoms with Crippen LogP contribution in [0.1, 0.15) is 36.8 Å². The van der Waals surface area contributed by atoms with E-state index in [1.807, 2.05) is 26.8 Å². The van der Waals surface area contributed by atoms with Gasteiger partial charge in [0.15, 0.2) is 0 Å². The monoisotopic (exact) mass is 333 g/mol. The summed E-state index contributed by atoms with van der Waals surface area (Å²) in [6.07, 6.45) is 0.604. The lowest BCUT2D eigenvalue weighted by atomic mass is 10.0. The lowest BCUT2D eigenvalue weighted by Crippen LogP contribution is -2.08. The van der Waals surface area contributed by atoms with Crippen molar-refractivity contribution in [3.05, 3.63) is 46.6 Å². The van der Waals surface area contributed by atoms with Gasteiger partial charge in [-0.1, -0.05) is 25.4 Å². The Morgan fingerprint density at radius 1 is 1.30 bits per heavy atom. The molecule has 2 rings (SSSR count). The molecule has 0 radical (unpaired) electrons. The third-order valence-corrected chi connectivity index (χ3v) is 3.56. The van der Waals surface area contributed by atoms with Crippen molar-refractivity contribution >= 4 is 17.6 Å². The topological polar surface area (TPSA) is 59.4 Å². The second kappa shape index (κ2) is 7.47. The molecule has 0 bridgehead atoms. The largest absolute Gasteiger partial charge is 0.493 e. The Balaban J connectivity index is 2.54. The van der Waals surface area contributed by atoms with E-state index in [1.165, 1.54) is 0 Å². The molecule has 1 heterocycles. The molecule has 0 aliphatic heterocycles. The fraction of sp³-hybridized carbons (Fsp3) is 0.333. The lowest BCUT2D eigenvalue weighted by molar-refractivity contribution is 0.0695. The maximum absolute atomic E-state index is 11.4. The van der Waals surface area contributed by atoms with E-state index in [0.717, 1.165) is 5.56 Å². The summed E-state index contributed by atoms with van der Waals surface area (Å²) in [6, 6.07) is 8.67. The normalized spacial score (nSPS) is 10.8. The van der Waals surface area contributed by atoms with Gasteiger partial charge in [-0.2, -0.15) is 0 Å². The molecule has 0 spiro atoms. The molecule has 0 unspecified atom stereocenters. The zero-order chi connectivity index (χ0) is 17.0. The van der Waals surface area contributed by atoms with Gasteiger partial charge >= 0.3 is 5.97 Å². The maximum Gasteiger partial charge on any atom is 0.337 e. The fourth-order valence-electron chi connectivity index (χ4n) is 2.37. The number of halogens is 1. The molecule has 5 heteroatoms. The third kappa shape index (κ3) is 4.23. The van der Waals surface area contributed by atoms with Crippen LogP contribution >= 0.6 is 11.6 Å². The summed E-state index contributed by atoms with van der Waals surface area (Å²) in [5, 5.41) is 9.92. The average molecular weight is 334 g/mol. The van der Waals surface area contributed by atoms with E-state index in [4.69, 9.17) is 16.3 Å². The van der Waals surface area contributed by atoms with E-state index in [-0.39, 0.29) is 5.56 Å². The van der Waals surface area contributed by atoms with E-state index in [0.29, 0.717) is 41.1 Å². The molecule has 1 aromatic heterocycles. The number of rotatable bonds is 6. The Kier molecular flexibility index (Phi) is 5.61. The van der Waals surface area contributed by atoms with Crippen LogP contribution in [0.2, 0.25) is 5.02 Å². The molecule has 0 atom stereocenters. The van der Waals surface area contributed by atoms with Gasteiger partial charge in [-0.05, 0) is 49.6 Å². The summed E-state index contributed by atoms with van der Waals surface area (Å²) in [4.78, 5) is 16.0. The van der Waals surface area contributed by atoms with Gasteiger partial charge in [0.2, 0.25) is 0 Å². The van der Waals surface area contributed by atoms with Crippen molar-refractivity contribution in [1.82, 2.24) is 4.98 Å². The van der Waals surface area contributed by atoms with Crippen LogP contribution in [0.5, 0.6) is 5.75 Å². The molecule has 0 saturated carbocycles. The Bertz CT molecular complexity index is 713. The molecule has 0 fully saturated rings. The van der Waals surface area contributed by atoms with E-state index in [9.17, 15) is 9.90 Å². The number of hydrogen-bond acceptors (Lipinski definition) is 3. The molecule has 0 amide bonds. The fourth-order valence-corrected chi connectivity index (χ4v) is 2.53. The average Bonchev–Trinajstić information content (AvgIpc) is 2.46. The van der Waals surface area contributed by atoms with Gasteiger partial charge in [0.05, 0.1) is 23.6 Å². The van der Waals surface area contributed by atoms with Crippen LogP contribution in [0.4, 0.5) is 0 Å². The highest BCUT2D eigenvalue weighted by molar-refractivity contribution is 6.30. The Morgan fingerprint density at radius 3 is 2.65 bits per heavy atom. The van der Waals surface area contributed by atoms with E-state index >= 15 is 0 Å². The van der Waals surface area contributed by atoms with Crippen molar-refractivity contribution in [3.63, 3.8) is 0 Å². The number of hydrogen-bond donors (Lipinski definition) is 1. The molecular weight excluding hydrogens is 314 g/mol. The number of carbonyl (C=O) groups is 1. The standard InChI is InChI=1S/C18H20ClNO3/c1-4-23-17-10-12(19)5-6-13(17)15-8-7-14(18(21)22)16(20-15)9-11(2)3/h5-8,10-11H,4,9H2,1-3H3,(H,21,22). The van der Waals surface area contributed by atoms with Crippen molar-refractivity contribution in [1.29, 1.82) is 0 Å². The molecule has 0 aliphatic carbocycles. The number of aromatic carboxylic acids is 1. The molecule has 1 N–H and O–H groups in total. The van der Waals surface area contributed by atoms with Crippen LogP contribution < -0.4 is 4.74 Å². The SMILES string of the molecule is CCOc1cc(Cl)ccc1-c1ccc(C(=O)O)c(CC(C)C)n1. The number of ether oxygens (including phenoxy) is 1. The minimum Gasteiger partial charge on any atom is -0.493 e. The summed E-state index contributed by atoms with van der Waals surface area (Å²) in [7, 11) is 0. The Morgan fingerprint density at radius 2 is 2.04 bits per heavy atom. The number of aromatic nitrogens is 1. The minimum atomic E-state index is -0.958. The van der Waals surface area contributed by atoms with E-state index in [1.54, 1.807) is 24.3 Å². The molecule has 2 aromatic rings. The summed E-state index contributed by atoms with van der Waals surface area (Å²) in [5.41, 5.74) is 2.32. The Labute approximate surface area is 141 Å².